The van der Waals surface area contributed by atoms with E-state index in [2.05, 4.69) is 10.6 Å². The fourth-order valence-corrected chi connectivity index (χ4v) is 2.63. The molecule has 5 heteroatoms. The maximum Gasteiger partial charge on any atom is 0.239 e. The van der Waals surface area contributed by atoms with E-state index in [1.807, 2.05) is 54.8 Å². The molecule has 0 spiro atoms. The maximum absolute atomic E-state index is 11.8. The fraction of sp³-hybridized carbons (Fsp3) is 0.250. The average molecular weight is 302 g/mol. The number of nitrogens with one attached hydrogen (secondary N) is 2. The van der Waals surface area contributed by atoms with Crippen molar-refractivity contribution in [2.45, 2.75) is 19.4 Å². The van der Waals surface area contributed by atoms with Crippen molar-refractivity contribution in [3.05, 3.63) is 58.3 Å². The van der Waals surface area contributed by atoms with Gasteiger partial charge in [-0.1, -0.05) is 36.4 Å². The third-order valence-corrected chi connectivity index (χ3v) is 3.91. The van der Waals surface area contributed by atoms with Crippen molar-refractivity contribution < 1.29 is 9.59 Å². The molecule has 2 N–H and O–H groups in total. The molecule has 0 saturated heterocycles. The van der Waals surface area contributed by atoms with Crippen molar-refractivity contribution in [2.24, 2.45) is 0 Å². The summed E-state index contributed by atoms with van der Waals surface area (Å²) in [7, 11) is 0. The van der Waals surface area contributed by atoms with Gasteiger partial charge in [-0.2, -0.15) is 0 Å². The Balaban J connectivity index is 1.73. The lowest BCUT2D eigenvalue weighted by molar-refractivity contribution is -0.126. The number of benzene rings is 1. The van der Waals surface area contributed by atoms with Gasteiger partial charge in [0.15, 0.2) is 0 Å². The summed E-state index contributed by atoms with van der Waals surface area (Å²) in [4.78, 5) is 24.5. The van der Waals surface area contributed by atoms with E-state index in [-0.39, 0.29) is 24.4 Å². The first-order valence-electron chi connectivity index (χ1n) is 6.78. The van der Waals surface area contributed by atoms with Gasteiger partial charge in [0.1, 0.15) is 0 Å². The van der Waals surface area contributed by atoms with E-state index in [9.17, 15) is 9.59 Å². The van der Waals surface area contributed by atoms with Crippen molar-refractivity contribution in [3.63, 3.8) is 0 Å². The third kappa shape index (κ3) is 5.04. The lowest BCUT2D eigenvalue weighted by atomic mass is 10.1. The summed E-state index contributed by atoms with van der Waals surface area (Å²) in [6, 6.07) is 13.4. The number of carbonyl (C=O) groups is 2. The molecule has 0 fully saturated rings. The molecule has 21 heavy (non-hydrogen) atoms. The van der Waals surface area contributed by atoms with Crippen LogP contribution in [-0.2, 0) is 16.0 Å². The minimum Gasteiger partial charge on any atom is -0.348 e. The van der Waals surface area contributed by atoms with Crippen LogP contribution in [0, 0.1) is 0 Å². The van der Waals surface area contributed by atoms with Gasteiger partial charge >= 0.3 is 0 Å². The zero-order valence-corrected chi connectivity index (χ0v) is 12.7. The summed E-state index contributed by atoms with van der Waals surface area (Å²) in [6.07, 6.45) is 0.319. The van der Waals surface area contributed by atoms with E-state index in [1.54, 1.807) is 0 Å². The second kappa shape index (κ2) is 7.59. The Labute approximate surface area is 128 Å². The van der Waals surface area contributed by atoms with Gasteiger partial charge < -0.3 is 10.6 Å². The standard InChI is InChI=1S/C16H18N2O2S/c1-12(13-6-3-2-4-7-13)18-16(20)11-17-15(19)10-14-8-5-9-21-14/h2-9,12H,10-11H2,1H3,(H,17,19)(H,18,20). The first kappa shape index (κ1) is 15.3. The van der Waals surface area contributed by atoms with Crippen LogP contribution in [0.3, 0.4) is 0 Å². The van der Waals surface area contributed by atoms with Crippen LogP contribution in [0.4, 0.5) is 0 Å². The molecule has 0 aliphatic carbocycles. The van der Waals surface area contributed by atoms with Crippen LogP contribution < -0.4 is 10.6 Å². The quantitative estimate of drug-likeness (QED) is 0.860. The largest absolute Gasteiger partial charge is 0.348 e. The topological polar surface area (TPSA) is 58.2 Å². The second-order valence-electron chi connectivity index (χ2n) is 4.73. The van der Waals surface area contributed by atoms with Crippen molar-refractivity contribution in [2.75, 3.05) is 6.54 Å². The van der Waals surface area contributed by atoms with Crippen LogP contribution in [0.15, 0.2) is 47.8 Å². The first-order chi connectivity index (χ1) is 10.1. The molecular weight excluding hydrogens is 284 g/mol. The molecule has 110 valence electrons. The third-order valence-electron chi connectivity index (χ3n) is 3.04. The Morgan fingerprint density at radius 3 is 2.52 bits per heavy atom. The monoisotopic (exact) mass is 302 g/mol. The van der Waals surface area contributed by atoms with E-state index in [0.717, 1.165) is 10.4 Å². The van der Waals surface area contributed by atoms with Gasteiger partial charge in [-0.05, 0) is 23.9 Å². The molecule has 0 bridgehead atoms. The average Bonchev–Trinajstić information content (AvgIpc) is 2.99. The molecule has 1 aromatic heterocycles. The van der Waals surface area contributed by atoms with Crippen molar-refractivity contribution >= 4 is 23.2 Å². The molecule has 0 aliphatic rings. The molecule has 1 aromatic carbocycles. The highest BCUT2D eigenvalue weighted by Gasteiger charge is 2.10. The first-order valence-corrected chi connectivity index (χ1v) is 7.66. The summed E-state index contributed by atoms with van der Waals surface area (Å²) in [6.45, 7) is 1.92. The lowest BCUT2D eigenvalue weighted by Crippen LogP contribution is -2.38. The molecule has 1 atom stereocenters. The van der Waals surface area contributed by atoms with Gasteiger partial charge in [0, 0.05) is 4.88 Å². The highest BCUT2D eigenvalue weighted by atomic mass is 32.1. The van der Waals surface area contributed by atoms with Gasteiger partial charge in [0.05, 0.1) is 19.0 Å². The van der Waals surface area contributed by atoms with Gasteiger partial charge in [0.2, 0.25) is 11.8 Å². The van der Waals surface area contributed by atoms with E-state index in [1.165, 1.54) is 11.3 Å². The maximum atomic E-state index is 11.8. The predicted octanol–water partition coefficient (Wildman–Crippen LogP) is 2.28. The van der Waals surface area contributed by atoms with Crippen LogP contribution in [0.1, 0.15) is 23.4 Å². The summed E-state index contributed by atoms with van der Waals surface area (Å²) in [5, 5.41) is 7.42. The minimum atomic E-state index is -0.189. The Hall–Kier alpha value is -2.14. The van der Waals surface area contributed by atoms with Crippen LogP contribution >= 0.6 is 11.3 Å². The molecular formula is C16H18N2O2S. The normalized spacial score (nSPS) is 11.7. The molecule has 2 rings (SSSR count). The fourth-order valence-electron chi connectivity index (χ4n) is 1.93. The molecule has 0 aliphatic heterocycles. The smallest absolute Gasteiger partial charge is 0.239 e. The molecule has 1 heterocycles. The lowest BCUT2D eigenvalue weighted by Gasteiger charge is -2.14. The van der Waals surface area contributed by atoms with Crippen LogP contribution in [-0.4, -0.2) is 18.4 Å². The molecule has 2 aromatic rings. The van der Waals surface area contributed by atoms with Crippen molar-refractivity contribution in [3.8, 4) is 0 Å². The summed E-state index contributed by atoms with van der Waals surface area (Å²) >= 11 is 1.53. The van der Waals surface area contributed by atoms with Crippen molar-refractivity contribution in [1.82, 2.24) is 10.6 Å². The zero-order valence-electron chi connectivity index (χ0n) is 11.8. The number of carbonyl (C=O) groups excluding carboxylic acids is 2. The number of amides is 2. The van der Waals surface area contributed by atoms with E-state index < -0.39 is 0 Å². The predicted molar refractivity (Wildman–Crippen MR) is 84.0 cm³/mol. The van der Waals surface area contributed by atoms with E-state index in [0.29, 0.717) is 6.42 Å². The number of hydrogen-bond acceptors (Lipinski definition) is 3. The van der Waals surface area contributed by atoms with E-state index in [4.69, 9.17) is 0 Å². The Morgan fingerprint density at radius 1 is 1.10 bits per heavy atom. The van der Waals surface area contributed by atoms with E-state index >= 15 is 0 Å². The number of hydrogen-bond donors (Lipinski definition) is 2. The molecule has 0 radical (unpaired) electrons. The van der Waals surface area contributed by atoms with Gasteiger partial charge in [0.25, 0.3) is 0 Å². The number of thiophene rings is 1. The van der Waals surface area contributed by atoms with Gasteiger partial charge in [-0.3, -0.25) is 9.59 Å². The summed E-state index contributed by atoms with van der Waals surface area (Å²) < 4.78 is 0. The summed E-state index contributed by atoms with van der Waals surface area (Å²) in [5.41, 5.74) is 1.04. The molecule has 2 amide bonds. The van der Waals surface area contributed by atoms with Crippen LogP contribution in [0.25, 0.3) is 0 Å². The number of rotatable bonds is 6. The van der Waals surface area contributed by atoms with Crippen molar-refractivity contribution in [1.29, 1.82) is 0 Å². The van der Waals surface area contributed by atoms with Gasteiger partial charge in [-0.25, -0.2) is 0 Å². The molecule has 1 unspecified atom stereocenters. The Morgan fingerprint density at radius 2 is 1.86 bits per heavy atom. The highest BCUT2D eigenvalue weighted by molar-refractivity contribution is 7.10. The van der Waals surface area contributed by atoms with Crippen LogP contribution in [0.5, 0.6) is 0 Å². The molecule has 0 saturated carbocycles. The Kier molecular flexibility index (Phi) is 5.51. The molecule has 4 nitrogen and oxygen atoms in total. The SMILES string of the molecule is CC(NC(=O)CNC(=O)Cc1cccs1)c1ccccc1. The highest BCUT2D eigenvalue weighted by Crippen LogP contribution is 2.10. The van der Waals surface area contributed by atoms with Crippen LogP contribution in [0.2, 0.25) is 0 Å². The second-order valence-corrected chi connectivity index (χ2v) is 5.77. The minimum absolute atomic E-state index is 0.00137. The Bertz CT molecular complexity index is 582. The zero-order chi connectivity index (χ0) is 15.1. The van der Waals surface area contributed by atoms with Gasteiger partial charge in [-0.15, -0.1) is 11.3 Å². The summed E-state index contributed by atoms with van der Waals surface area (Å²) in [5.74, 6) is -0.328.